The molecule has 1 aromatic rings. The zero-order valence-corrected chi connectivity index (χ0v) is 12.8. The minimum absolute atomic E-state index is 0.0220. The van der Waals surface area contributed by atoms with Crippen molar-refractivity contribution in [3.8, 4) is 0 Å². The molecule has 1 saturated heterocycles. The van der Waals surface area contributed by atoms with Crippen LogP contribution in [0.15, 0.2) is 18.2 Å². The fourth-order valence-electron chi connectivity index (χ4n) is 2.34. The Balaban J connectivity index is 2.23. The lowest BCUT2D eigenvalue weighted by atomic mass is 10.0. The Bertz CT molecular complexity index is 563. The Morgan fingerprint density at radius 2 is 2.14 bits per heavy atom. The Morgan fingerprint density at radius 1 is 1.43 bits per heavy atom. The lowest BCUT2D eigenvalue weighted by Crippen LogP contribution is -2.47. The number of carbonyl (C=O) groups is 2. The molecular weight excluding hydrogens is 295 g/mol. The van der Waals surface area contributed by atoms with E-state index in [0.29, 0.717) is 5.56 Å². The van der Waals surface area contributed by atoms with Crippen molar-refractivity contribution < 1.29 is 14.0 Å². The second kappa shape index (κ2) is 6.43. The van der Waals surface area contributed by atoms with Crippen molar-refractivity contribution in [3.05, 3.63) is 34.6 Å². The minimum Gasteiger partial charge on any atom is -0.344 e. The highest BCUT2D eigenvalue weighted by atomic mass is 35.5. The molecule has 0 aromatic heterocycles. The monoisotopic (exact) mass is 312 g/mol. The van der Waals surface area contributed by atoms with Crippen LogP contribution in [0.3, 0.4) is 0 Å². The molecule has 0 saturated carbocycles. The number of nitrogens with zero attached hydrogens (tertiary/aromatic N) is 1. The van der Waals surface area contributed by atoms with Gasteiger partial charge in [0.15, 0.2) is 0 Å². The molecule has 1 atom stereocenters. The standard InChI is InChI=1S/C15H18ClFN2O2/c1-9(2)14-15(21)19(7-6-12(20)18-14)8-10-4-3-5-11(16)13(10)17/h3-5,9,14H,6-8H2,1-2H3,(H,18,20). The predicted octanol–water partition coefficient (Wildman–Crippen LogP) is 2.35. The highest BCUT2D eigenvalue weighted by Gasteiger charge is 2.32. The number of rotatable bonds is 3. The predicted molar refractivity (Wildman–Crippen MR) is 78.2 cm³/mol. The van der Waals surface area contributed by atoms with E-state index in [4.69, 9.17) is 11.6 Å². The van der Waals surface area contributed by atoms with Crippen LogP contribution in [0.4, 0.5) is 4.39 Å². The molecule has 1 aromatic carbocycles. The highest BCUT2D eigenvalue weighted by Crippen LogP contribution is 2.21. The number of halogens is 2. The first-order chi connectivity index (χ1) is 9.90. The van der Waals surface area contributed by atoms with Crippen molar-refractivity contribution in [3.63, 3.8) is 0 Å². The number of carbonyl (C=O) groups excluding carboxylic acids is 2. The summed E-state index contributed by atoms with van der Waals surface area (Å²) in [5.74, 6) is -0.880. The van der Waals surface area contributed by atoms with Crippen LogP contribution in [0.25, 0.3) is 0 Å². The van der Waals surface area contributed by atoms with Crippen LogP contribution in [-0.2, 0) is 16.1 Å². The van der Waals surface area contributed by atoms with E-state index in [1.165, 1.54) is 11.0 Å². The van der Waals surface area contributed by atoms with Gasteiger partial charge in [-0.1, -0.05) is 37.6 Å². The zero-order valence-electron chi connectivity index (χ0n) is 12.0. The fourth-order valence-corrected chi connectivity index (χ4v) is 2.53. The summed E-state index contributed by atoms with van der Waals surface area (Å²) in [4.78, 5) is 25.7. The van der Waals surface area contributed by atoms with Crippen LogP contribution in [0.5, 0.6) is 0 Å². The van der Waals surface area contributed by atoms with Crippen LogP contribution in [0.1, 0.15) is 25.8 Å². The first-order valence-electron chi connectivity index (χ1n) is 6.91. The molecule has 1 aliphatic rings. The molecule has 2 rings (SSSR count). The summed E-state index contributed by atoms with van der Waals surface area (Å²) in [6.07, 6.45) is 0.219. The van der Waals surface area contributed by atoms with E-state index in [9.17, 15) is 14.0 Å². The molecule has 6 heteroatoms. The lowest BCUT2D eigenvalue weighted by Gasteiger charge is -2.26. The first kappa shape index (κ1) is 15.8. The molecule has 1 heterocycles. The van der Waals surface area contributed by atoms with E-state index in [-0.39, 0.29) is 42.3 Å². The largest absolute Gasteiger partial charge is 0.344 e. The summed E-state index contributed by atoms with van der Waals surface area (Å²) in [5.41, 5.74) is 0.354. The SMILES string of the molecule is CC(C)C1NC(=O)CCN(Cc2cccc(Cl)c2F)C1=O. The van der Waals surface area contributed by atoms with Crippen molar-refractivity contribution in [2.45, 2.75) is 32.9 Å². The third kappa shape index (κ3) is 3.53. The molecular formula is C15H18ClFN2O2. The van der Waals surface area contributed by atoms with Gasteiger partial charge in [0.2, 0.25) is 11.8 Å². The second-order valence-corrected chi connectivity index (χ2v) is 5.92. The zero-order chi connectivity index (χ0) is 15.6. The normalized spacial score (nSPS) is 19.7. The topological polar surface area (TPSA) is 49.4 Å². The second-order valence-electron chi connectivity index (χ2n) is 5.51. The van der Waals surface area contributed by atoms with Gasteiger partial charge in [-0.2, -0.15) is 0 Å². The third-order valence-electron chi connectivity index (χ3n) is 3.56. The summed E-state index contributed by atoms with van der Waals surface area (Å²) in [6, 6.07) is 4.14. The number of hydrogen-bond donors (Lipinski definition) is 1. The van der Waals surface area contributed by atoms with Gasteiger partial charge in [0.25, 0.3) is 0 Å². The van der Waals surface area contributed by atoms with Crippen molar-refractivity contribution in [1.29, 1.82) is 0 Å². The third-order valence-corrected chi connectivity index (χ3v) is 3.85. The summed E-state index contributed by atoms with van der Waals surface area (Å²) in [7, 11) is 0. The van der Waals surface area contributed by atoms with E-state index in [1.807, 2.05) is 13.8 Å². The van der Waals surface area contributed by atoms with Gasteiger partial charge in [-0.3, -0.25) is 9.59 Å². The average molecular weight is 313 g/mol. The van der Waals surface area contributed by atoms with Crippen LogP contribution in [0, 0.1) is 11.7 Å². The van der Waals surface area contributed by atoms with Gasteiger partial charge in [-0.05, 0) is 12.0 Å². The molecule has 0 radical (unpaired) electrons. The van der Waals surface area contributed by atoms with Gasteiger partial charge < -0.3 is 10.2 Å². The van der Waals surface area contributed by atoms with Gasteiger partial charge in [0.05, 0.1) is 5.02 Å². The van der Waals surface area contributed by atoms with Crippen LogP contribution < -0.4 is 5.32 Å². The molecule has 1 unspecified atom stereocenters. The Hall–Kier alpha value is -1.62. The van der Waals surface area contributed by atoms with E-state index < -0.39 is 11.9 Å². The summed E-state index contributed by atoms with van der Waals surface area (Å²) >= 11 is 5.76. The van der Waals surface area contributed by atoms with Gasteiger partial charge in [-0.25, -0.2) is 4.39 Å². The van der Waals surface area contributed by atoms with Crippen molar-refractivity contribution in [2.75, 3.05) is 6.54 Å². The maximum atomic E-state index is 14.0. The first-order valence-corrected chi connectivity index (χ1v) is 7.29. The maximum absolute atomic E-state index is 14.0. The molecule has 1 fully saturated rings. The molecule has 1 N–H and O–H groups in total. The van der Waals surface area contributed by atoms with Crippen molar-refractivity contribution >= 4 is 23.4 Å². The quantitative estimate of drug-likeness (QED) is 0.931. The molecule has 0 aliphatic carbocycles. The molecule has 114 valence electrons. The summed E-state index contributed by atoms with van der Waals surface area (Å²) in [5, 5.41) is 2.75. The molecule has 2 amide bonds. The molecule has 0 bridgehead atoms. The lowest BCUT2D eigenvalue weighted by molar-refractivity contribution is -0.135. The highest BCUT2D eigenvalue weighted by molar-refractivity contribution is 6.30. The van der Waals surface area contributed by atoms with E-state index in [1.54, 1.807) is 12.1 Å². The van der Waals surface area contributed by atoms with E-state index in [0.717, 1.165) is 0 Å². The van der Waals surface area contributed by atoms with Crippen LogP contribution in [0.2, 0.25) is 5.02 Å². The van der Waals surface area contributed by atoms with Crippen LogP contribution in [-0.4, -0.2) is 29.3 Å². The summed E-state index contributed by atoms with van der Waals surface area (Å²) in [6.45, 7) is 4.13. The van der Waals surface area contributed by atoms with Gasteiger partial charge in [-0.15, -0.1) is 0 Å². The number of nitrogens with one attached hydrogen (secondary N) is 1. The van der Waals surface area contributed by atoms with Crippen LogP contribution >= 0.6 is 11.6 Å². The van der Waals surface area contributed by atoms with Crippen molar-refractivity contribution in [1.82, 2.24) is 10.2 Å². The number of hydrogen-bond acceptors (Lipinski definition) is 2. The summed E-state index contributed by atoms with van der Waals surface area (Å²) < 4.78 is 14.0. The number of amides is 2. The Kier molecular flexibility index (Phi) is 4.83. The number of benzene rings is 1. The molecule has 4 nitrogen and oxygen atoms in total. The van der Waals surface area contributed by atoms with Crippen molar-refractivity contribution in [2.24, 2.45) is 5.92 Å². The maximum Gasteiger partial charge on any atom is 0.245 e. The Labute approximate surface area is 128 Å². The Morgan fingerprint density at radius 3 is 2.81 bits per heavy atom. The van der Waals surface area contributed by atoms with E-state index >= 15 is 0 Å². The van der Waals surface area contributed by atoms with E-state index in [2.05, 4.69) is 5.32 Å². The van der Waals surface area contributed by atoms with Gasteiger partial charge >= 0.3 is 0 Å². The van der Waals surface area contributed by atoms with Gasteiger partial charge in [0.1, 0.15) is 11.9 Å². The smallest absolute Gasteiger partial charge is 0.245 e. The average Bonchev–Trinajstić information content (AvgIpc) is 2.57. The minimum atomic E-state index is -0.567. The molecule has 1 aliphatic heterocycles. The fraction of sp³-hybridized carbons (Fsp3) is 0.467. The van der Waals surface area contributed by atoms with Gasteiger partial charge in [0, 0.05) is 25.1 Å². The molecule has 21 heavy (non-hydrogen) atoms. The molecule has 0 spiro atoms.